The van der Waals surface area contributed by atoms with Gasteiger partial charge >= 0.3 is 23.9 Å². The summed E-state index contributed by atoms with van der Waals surface area (Å²) in [6.07, 6.45) is -2.99. The van der Waals surface area contributed by atoms with Gasteiger partial charge in [-0.2, -0.15) is 0 Å². The minimum atomic E-state index is -1.32. The number of aromatic nitrogens is 4. The third-order valence-electron chi connectivity index (χ3n) is 4.98. The normalized spacial score (nSPS) is 23.1. The third kappa shape index (κ3) is 8.32. The van der Waals surface area contributed by atoms with Crippen molar-refractivity contribution in [2.75, 3.05) is 6.61 Å². The molecule has 5 atom stereocenters. The summed E-state index contributed by atoms with van der Waals surface area (Å²) in [5.41, 5.74) is 1.20. The van der Waals surface area contributed by atoms with Crippen LogP contribution in [0.5, 0.6) is 0 Å². The summed E-state index contributed by atoms with van der Waals surface area (Å²) in [5.74, 6) is -2.79. The maximum absolute atomic E-state index is 11.9. The zero-order valence-corrected chi connectivity index (χ0v) is 20.8. The predicted octanol–water partition coefficient (Wildman–Crippen LogP) is 0.321. The van der Waals surface area contributed by atoms with Crippen molar-refractivity contribution >= 4 is 23.9 Å². The molecule has 14 heteroatoms. The number of hydrogen-bond acceptors (Lipinski definition) is 13. The maximum Gasteiger partial charge on any atom is 0.303 e. The molecule has 0 radical (unpaired) electrons. The van der Waals surface area contributed by atoms with E-state index in [0.717, 1.165) is 26.5 Å². The second kappa shape index (κ2) is 12.9. The molecule has 1 aliphatic rings. The molecule has 0 amide bonds. The van der Waals surface area contributed by atoms with Gasteiger partial charge in [0.25, 0.3) is 0 Å². The fourth-order valence-electron chi connectivity index (χ4n) is 3.63. The zero-order chi connectivity index (χ0) is 26.9. The number of hydrogen-bond donors (Lipinski definition) is 0. The summed E-state index contributed by atoms with van der Waals surface area (Å²) in [5, 5.41) is 8.10. The molecular weight excluding hydrogens is 492 g/mol. The largest absolute Gasteiger partial charge is 0.463 e. The van der Waals surface area contributed by atoms with Gasteiger partial charge < -0.3 is 28.4 Å². The molecule has 1 aliphatic heterocycles. The van der Waals surface area contributed by atoms with E-state index in [-0.39, 0.29) is 13.2 Å². The molecule has 37 heavy (non-hydrogen) atoms. The monoisotopic (exact) mass is 520 g/mol. The van der Waals surface area contributed by atoms with Crippen molar-refractivity contribution in [2.45, 2.75) is 71.6 Å². The summed E-state index contributed by atoms with van der Waals surface area (Å²) < 4.78 is 34.4. The van der Waals surface area contributed by atoms with Gasteiger partial charge in [0.05, 0.1) is 25.0 Å². The smallest absolute Gasteiger partial charge is 0.303 e. The molecular formula is C23H28N4O10. The van der Waals surface area contributed by atoms with E-state index in [1.807, 2.05) is 12.1 Å². The lowest BCUT2D eigenvalue weighted by atomic mass is 9.98. The lowest BCUT2D eigenvalue weighted by Gasteiger charge is -2.43. The number of esters is 4. The Morgan fingerprint density at radius 2 is 1.57 bits per heavy atom. The molecule has 0 saturated carbocycles. The van der Waals surface area contributed by atoms with Gasteiger partial charge in [0.2, 0.25) is 0 Å². The first-order valence-electron chi connectivity index (χ1n) is 11.3. The fourth-order valence-corrected chi connectivity index (χ4v) is 3.63. The Morgan fingerprint density at radius 1 is 0.892 bits per heavy atom. The SMILES string of the molecule is CC(=O)OC[C@@H]1O[C@H](OCc2cn(Cc3ccccn3)nn2)[C@@H](OC(C)=O)[C@H](OC(C)=O)[C@H]1OC(C)=O. The molecule has 3 heterocycles. The molecule has 0 unspecified atom stereocenters. The van der Waals surface area contributed by atoms with Gasteiger partial charge in [0, 0.05) is 33.9 Å². The summed E-state index contributed by atoms with van der Waals surface area (Å²) in [4.78, 5) is 51.2. The Morgan fingerprint density at radius 3 is 2.19 bits per heavy atom. The molecule has 3 rings (SSSR count). The first-order chi connectivity index (χ1) is 17.6. The molecule has 1 fully saturated rings. The van der Waals surface area contributed by atoms with Crippen LogP contribution >= 0.6 is 0 Å². The van der Waals surface area contributed by atoms with E-state index in [4.69, 9.17) is 28.4 Å². The summed E-state index contributed by atoms with van der Waals surface area (Å²) in [7, 11) is 0. The van der Waals surface area contributed by atoms with Crippen LogP contribution < -0.4 is 0 Å². The molecule has 0 N–H and O–H groups in total. The maximum atomic E-state index is 11.9. The van der Waals surface area contributed by atoms with Crippen molar-refractivity contribution in [3.63, 3.8) is 0 Å². The lowest BCUT2D eigenvalue weighted by molar-refractivity contribution is -0.310. The highest BCUT2D eigenvalue weighted by Crippen LogP contribution is 2.30. The number of pyridine rings is 1. The molecule has 200 valence electrons. The van der Waals surface area contributed by atoms with Crippen molar-refractivity contribution < 1.29 is 47.6 Å². The van der Waals surface area contributed by atoms with Crippen LogP contribution in [0.2, 0.25) is 0 Å². The Hall–Kier alpha value is -3.91. The van der Waals surface area contributed by atoms with Gasteiger partial charge in [-0.3, -0.25) is 24.2 Å². The van der Waals surface area contributed by atoms with Gasteiger partial charge in [0.15, 0.2) is 24.6 Å². The first-order valence-corrected chi connectivity index (χ1v) is 11.3. The number of carbonyl (C=O) groups excluding carboxylic acids is 4. The summed E-state index contributed by atoms with van der Waals surface area (Å²) in [6.45, 7) is 4.53. The minimum absolute atomic E-state index is 0.129. The average molecular weight is 520 g/mol. The van der Waals surface area contributed by atoms with E-state index in [1.165, 1.54) is 6.92 Å². The fraction of sp³-hybridized carbons (Fsp3) is 0.522. The molecule has 2 aromatic rings. The van der Waals surface area contributed by atoms with E-state index in [1.54, 1.807) is 23.1 Å². The van der Waals surface area contributed by atoms with E-state index in [9.17, 15) is 19.2 Å². The number of ether oxygens (including phenoxy) is 6. The number of rotatable bonds is 10. The van der Waals surface area contributed by atoms with Crippen LogP contribution in [0.25, 0.3) is 0 Å². The predicted molar refractivity (Wildman–Crippen MR) is 120 cm³/mol. The van der Waals surface area contributed by atoms with Crippen molar-refractivity contribution in [2.24, 2.45) is 0 Å². The first kappa shape index (κ1) is 27.7. The molecule has 0 spiro atoms. The number of nitrogens with zero attached hydrogens (tertiary/aromatic N) is 4. The average Bonchev–Trinajstić information content (AvgIpc) is 3.26. The molecule has 2 aromatic heterocycles. The molecule has 0 aliphatic carbocycles. The highest BCUT2D eigenvalue weighted by Gasteiger charge is 2.52. The van der Waals surface area contributed by atoms with Gasteiger partial charge in [-0.25, -0.2) is 4.68 Å². The van der Waals surface area contributed by atoms with Crippen molar-refractivity contribution in [3.05, 3.63) is 42.0 Å². The van der Waals surface area contributed by atoms with Crippen LogP contribution in [0.4, 0.5) is 0 Å². The van der Waals surface area contributed by atoms with E-state index >= 15 is 0 Å². The van der Waals surface area contributed by atoms with Crippen LogP contribution in [-0.4, -0.2) is 81.2 Å². The number of carbonyl (C=O) groups is 4. The topological polar surface area (TPSA) is 167 Å². The Balaban J connectivity index is 1.81. The highest BCUT2D eigenvalue weighted by molar-refractivity contribution is 5.68. The van der Waals surface area contributed by atoms with Crippen molar-refractivity contribution in [1.29, 1.82) is 0 Å². The summed E-state index contributed by atoms with van der Waals surface area (Å²) >= 11 is 0. The lowest BCUT2D eigenvalue weighted by Crippen LogP contribution is -2.62. The third-order valence-corrected chi connectivity index (χ3v) is 4.98. The molecule has 1 saturated heterocycles. The van der Waals surface area contributed by atoms with Gasteiger partial charge in [-0.15, -0.1) is 5.10 Å². The molecule has 0 aromatic carbocycles. The molecule has 14 nitrogen and oxygen atoms in total. The van der Waals surface area contributed by atoms with Crippen LogP contribution in [0.3, 0.4) is 0 Å². The van der Waals surface area contributed by atoms with Crippen LogP contribution in [0.1, 0.15) is 39.1 Å². The van der Waals surface area contributed by atoms with Crippen LogP contribution in [0, 0.1) is 0 Å². The Bertz CT molecular complexity index is 1090. The van der Waals surface area contributed by atoms with Crippen LogP contribution in [-0.2, 0) is 60.8 Å². The van der Waals surface area contributed by atoms with E-state index in [0.29, 0.717) is 12.2 Å². The quantitative estimate of drug-likeness (QED) is 0.311. The van der Waals surface area contributed by atoms with Gasteiger partial charge in [0.1, 0.15) is 18.4 Å². The molecule has 0 bridgehead atoms. The van der Waals surface area contributed by atoms with Crippen LogP contribution in [0.15, 0.2) is 30.6 Å². The Kier molecular flexibility index (Phi) is 9.63. The standard InChI is InChI=1S/C23H28N4O10/c1-13(28)32-12-19-20(34-14(2)29)21(35-15(3)30)22(36-16(4)31)23(37-19)33-11-18-10-27(26-25-18)9-17-7-5-6-8-24-17/h5-8,10,19-23H,9,11-12H2,1-4H3/t19-,20-,21+,22-,23-/m0/s1. The highest BCUT2D eigenvalue weighted by atomic mass is 16.7. The van der Waals surface area contributed by atoms with Crippen molar-refractivity contribution in [1.82, 2.24) is 20.0 Å². The van der Waals surface area contributed by atoms with E-state index in [2.05, 4.69) is 15.3 Å². The Labute approximate surface area is 212 Å². The van der Waals surface area contributed by atoms with Gasteiger partial charge in [-0.1, -0.05) is 11.3 Å². The second-order valence-corrected chi connectivity index (χ2v) is 8.11. The second-order valence-electron chi connectivity index (χ2n) is 8.11. The zero-order valence-electron chi connectivity index (χ0n) is 20.8. The summed E-state index contributed by atoms with van der Waals surface area (Å²) in [6, 6.07) is 5.50. The minimum Gasteiger partial charge on any atom is -0.463 e. The van der Waals surface area contributed by atoms with Crippen molar-refractivity contribution in [3.8, 4) is 0 Å². The van der Waals surface area contributed by atoms with Gasteiger partial charge in [-0.05, 0) is 12.1 Å². The van der Waals surface area contributed by atoms with E-state index < -0.39 is 54.6 Å².